The predicted octanol–water partition coefficient (Wildman–Crippen LogP) is 0.861. The third-order valence-electron chi connectivity index (χ3n) is 3.83. The molecule has 1 saturated carbocycles. The number of carbonyl (C=O) groups excluding carboxylic acids is 1. The van der Waals surface area contributed by atoms with Gasteiger partial charge in [-0.15, -0.1) is 0 Å². The molecule has 0 aliphatic heterocycles. The number of hydrogen-bond donors (Lipinski definition) is 1. The van der Waals surface area contributed by atoms with Crippen LogP contribution < -0.4 is 5.73 Å². The third-order valence-corrected chi connectivity index (χ3v) is 5.90. The van der Waals surface area contributed by atoms with Gasteiger partial charge in [0, 0.05) is 25.0 Å². The van der Waals surface area contributed by atoms with Crippen LogP contribution in [0.3, 0.4) is 0 Å². The molecule has 0 heterocycles. The summed E-state index contributed by atoms with van der Waals surface area (Å²) in [5.41, 5.74) is 5.86. The minimum Gasteiger partial charge on any atom is -0.469 e. The summed E-state index contributed by atoms with van der Waals surface area (Å²) in [5.74, 6) is -0.370. The van der Waals surface area contributed by atoms with E-state index in [1.165, 1.54) is 7.11 Å². The maximum atomic E-state index is 12.4. The Balaban J connectivity index is 2.56. The van der Waals surface area contributed by atoms with Crippen molar-refractivity contribution in [1.29, 1.82) is 0 Å². The van der Waals surface area contributed by atoms with E-state index in [4.69, 9.17) is 5.73 Å². The molecule has 1 fully saturated rings. The van der Waals surface area contributed by atoms with Crippen LogP contribution in [-0.4, -0.2) is 50.2 Å². The Morgan fingerprint density at radius 2 is 1.90 bits per heavy atom. The average Bonchev–Trinajstić information content (AvgIpc) is 2.41. The number of carbonyl (C=O) groups is 1. The second-order valence-corrected chi connectivity index (χ2v) is 7.31. The van der Waals surface area contributed by atoms with E-state index in [1.54, 1.807) is 4.31 Å². The van der Waals surface area contributed by atoms with Crippen LogP contribution in [0.25, 0.3) is 0 Å². The van der Waals surface area contributed by atoms with Gasteiger partial charge in [-0.25, -0.2) is 8.42 Å². The summed E-state index contributed by atoms with van der Waals surface area (Å²) < 4.78 is 30.8. The fourth-order valence-corrected chi connectivity index (χ4v) is 4.49. The van der Waals surface area contributed by atoms with E-state index in [1.807, 2.05) is 6.92 Å². The summed E-state index contributed by atoms with van der Waals surface area (Å²) >= 11 is 0. The monoisotopic (exact) mass is 306 g/mol. The van der Waals surface area contributed by atoms with Crippen LogP contribution >= 0.6 is 0 Å². The Morgan fingerprint density at radius 3 is 2.40 bits per heavy atom. The summed E-state index contributed by atoms with van der Waals surface area (Å²) in [7, 11) is -2.00. The second kappa shape index (κ2) is 7.95. The quantitative estimate of drug-likeness (QED) is 0.705. The van der Waals surface area contributed by atoms with Gasteiger partial charge in [0.2, 0.25) is 10.0 Å². The fourth-order valence-electron chi connectivity index (χ4n) is 2.69. The van der Waals surface area contributed by atoms with Crippen LogP contribution in [0.2, 0.25) is 0 Å². The zero-order valence-corrected chi connectivity index (χ0v) is 13.2. The second-order valence-electron chi connectivity index (χ2n) is 5.27. The van der Waals surface area contributed by atoms with Crippen molar-refractivity contribution in [2.24, 2.45) is 5.73 Å². The van der Waals surface area contributed by atoms with Crippen molar-refractivity contribution in [3.63, 3.8) is 0 Å². The molecule has 20 heavy (non-hydrogen) atoms. The standard InChI is InChI=1S/C13H26N2O4S/c1-3-15(12-8-6-11(14)7-9-12)20(17,18)10-4-5-13(16)19-2/h11-12H,3-10,14H2,1-2H3. The number of sulfonamides is 1. The van der Waals surface area contributed by atoms with E-state index < -0.39 is 10.0 Å². The van der Waals surface area contributed by atoms with Gasteiger partial charge in [-0.1, -0.05) is 6.92 Å². The molecular weight excluding hydrogens is 280 g/mol. The molecule has 0 atom stereocenters. The lowest BCUT2D eigenvalue weighted by molar-refractivity contribution is -0.140. The van der Waals surface area contributed by atoms with E-state index in [9.17, 15) is 13.2 Å². The Labute approximate surface area is 121 Å². The van der Waals surface area contributed by atoms with Gasteiger partial charge in [0.05, 0.1) is 12.9 Å². The molecule has 0 unspecified atom stereocenters. The molecule has 0 aromatic carbocycles. The highest BCUT2D eigenvalue weighted by Crippen LogP contribution is 2.24. The van der Waals surface area contributed by atoms with Gasteiger partial charge in [-0.2, -0.15) is 4.31 Å². The minimum absolute atomic E-state index is 0.00149. The summed E-state index contributed by atoms with van der Waals surface area (Å²) in [4.78, 5) is 11.0. The average molecular weight is 306 g/mol. The molecule has 0 spiro atoms. The van der Waals surface area contributed by atoms with Crippen molar-refractivity contribution in [3.05, 3.63) is 0 Å². The predicted molar refractivity (Wildman–Crippen MR) is 77.6 cm³/mol. The van der Waals surface area contributed by atoms with Crippen molar-refractivity contribution < 1.29 is 17.9 Å². The highest BCUT2D eigenvalue weighted by molar-refractivity contribution is 7.89. The van der Waals surface area contributed by atoms with Crippen molar-refractivity contribution in [2.75, 3.05) is 19.4 Å². The van der Waals surface area contributed by atoms with E-state index in [2.05, 4.69) is 4.74 Å². The highest BCUT2D eigenvalue weighted by atomic mass is 32.2. The molecule has 6 nitrogen and oxygen atoms in total. The van der Waals surface area contributed by atoms with Crippen LogP contribution in [0.4, 0.5) is 0 Å². The maximum Gasteiger partial charge on any atom is 0.305 e. The first kappa shape index (κ1) is 17.4. The number of ether oxygens (including phenoxy) is 1. The van der Waals surface area contributed by atoms with E-state index in [0.29, 0.717) is 13.0 Å². The van der Waals surface area contributed by atoms with Gasteiger partial charge in [0.1, 0.15) is 0 Å². The molecule has 1 rings (SSSR count). The molecule has 0 radical (unpaired) electrons. The van der Waals surface area contributed by atoms with Crippen molar-refractivity contribution >= 4 is 16.0 Å². The number of nitrogens with two attached hydrogens (primary N) is 1. The Kier molecular flexibility index (Phi) is 6.91. The molecule has 2 N–H and O–H groups in total. The molecule has 118 valence electrons. The molecule has 1 aliphatic rings. The molecule has 0 aromatic heterocycles. The third kappa shape index (κ3) is 5.03. The smallest absolute Gasteiger partial charge is 0.305 e. The first-order valence-corrected chi connectivity index (χ1v) is 8.83. The molecule has 0 saturated heterocycles. The fraction of sp³-hybridized carbons (Fsp3) is 0.923. The van der Waals surface area contributed by atoms with Crippen LogP contribution in [-0.2, 0) is 19.6 Å². The number of methoxy groups -OCH3 is 1. The number of nitrogens with zero attached hydrogens (tertiary/aromatic N) is 1. The van der Waals surface area contributed by atoms with Crippen LogP contribution in [0.15, 0.2) is 0 Å². The summed E-state index contributed by atoms with van der Waals surface area (Å²) in [5, 5.41) is 0. The zero-order chi connectivity index (χ0) is 15.2. The molecule has 0 bridgehead atoms. The van der Waals surface area contributed by atoms with Gasteiger partial charge in [-0.3, -0.25) is 4.79 Å². The van der Waals surface area contributed by atoms with Crippen molar-refractivity contribution in [1.82, 2.24) is 4.31 Å². The van der Waals surface area contributed by atoms with Gasteiger partial charge >= 0.3 is 5.97 Å². The largest absolute Gasteiger partial charge is 0.469 e. The highest BCUT2D eigenvalue weighted by Gasteiger charge is 2.31. The first-order chi connectivity index (χ1) is 9.40. The van der Waals surface area contributed by atoms with Crippen molar-refractivity contribution in [3.8, 4) is 0 Å². The zero-order valence-electron chi connectivity index (χ0n) is 12.4. The molecule has 7 heteroatoms. The molecule has 0 amide bonds. The van der Waals surface area contributed by atoms with Gasteiger partial charge in [0.25, 0.3) is 0 Å². The maximum absolute atomic E-state index is 12.4. The number of esters is 1. The summed E-state index contributed by atoms with van der Waals surface area (Å²) in [6, 6.07) is 0.259. The lowest BCUT2D eigenvalue weighted by Crippen LogP contribution is -2.45. The molecular formula is C13H26N2O4S. The summed E-state index contributed by atoms with van der Waals surface area (Å²) in [6.45, 7) is 2.33. The van der Waals surface area contributed by atoms with Crippen molar-refractivity contribution in [2.45, 2.75) is 57.5 Å². The van der Waals surface area contributed by atoms with Crippen LogP contribution in [0.1, 0.15) is 45.4 Å². The first-order valence-electron chi connectivity index (χ1n) is 7.22. The summed E-state index contributed by atoms with van der Waals surface area (Å²) in [6.07, 6.45) is 3.84. The SMILES string of the molecule is CCN(C1CCC(N)CC1)S(=O)(=O)CCCC(=O)OC. The van der Waals surface area contributed by atoms with Gasteiger partial charge in [-0.05, 0) is 32.1 Å². The number of hydrogen-bond acceptors (Lipinski definition) is 5. The van der Waals surface area contributed by atoms with E-state index in [-0.39, 0.29) is 30.2 Å². The normalized spacial score (nSPS) is 23.8. The molecule has 1 aliphatic carbocycles. The Hall–Kier alpha value is -0.660. The van der Waals surface area contributed by atoms with E-state index in [0.717, 1.165) is 25.7 Å². The topological polar surface area (TPSA) is 89.7 Å². The number of rotatable bonds is 7. The Morgan fingerprint density at radius 1 is 1.30 bits per heavy atom. The van der Waals surface area contributed by atoms with Gasteiger partial charge in [0.15, 0.2) is 0 Å². The lowest BCUT2D eigenvalue weighted by atomic mass is 9.92. The minimum atomic E-state index is -3.31. The van der Waals surface area contributed by atoms with Gasteiger partial charge < -0.3 is 10.5 Å². The van der Waals surface area contributed by atoms with E-state index >= 15 is 0 Å². The van der Waals surface area contributed by atoms with Crippen LogP contribution in [0.5, 0.6) is 0 Å². The Bertz CT molecular complexity index is 403. The molecule has 0 aromatic rings. The lowest BCUT2D eigenvalue weighted by Gasteiger charge is -2.34. The van der Waals surface area contributed by atoms with Crippen LogP contribution in [0, 0.1) is 0 Å².